The van der Waals surface area contributed by atoms with Crippen LogP contribution in [0.4, 0.5) is 17.1 Å². The van der Waals surface area contributed by atoms with Crippen LogP contribution in [0.3, 0.4) is 0 Å². The maximum Gasteiger partial charge on any atom is 0.132 e. The zero-order valence-electron chi connectivity index (χ0n) is 45.2. The van der Waals surface area contributed by atoms with E-state index in [2.05, 4.69) is 314 Å². The third-order valence-corrected chi connectivity index (χ3v) is 18.0. The molecular weight excluding hydrogens is 1010 g/mol. The fraction of sp³-hybridized carbons (Fsp3) is 0.0250. The Morgan fingerprint density at radius 3 is 1.17 bits per heavy atom. The van der Waals surface area contributed by atoms with Gasteiger partial charge in [0.1, 0.15) is 23.0 Å². The van der Waals surface area contributed by atoms with E-state index in [1.165, 1.54) is 66.8 Å². The van der Waals surface area contributed by atoms with Gasteiger partial charge in [0.15, 0.2) is 0 Å². The fourth-order valence-electron chi connectivity index (χ4n) is 14.6. The second-order valence-electron chi connectivity index (χ2n) is 22.2. The van der Waals surface area contributed by atoms with E-state index in [0.29, 0.717) is 0 Å². The second kappa shape index (κ2) is 18.4. The molecule has 17 rings (SSSR count). The van der Waals surface area contributed by atoms with Gasteiger partial charge in [-0.3, -0.25) is 0 Å². The van der Waals surface area contributed by atoms with Gasteiger partial charge in [0.05, 0.1) is 10.8 Å². The van der Waals surface area contributed by atoms with Gasteiger partial charge in [-0.2, -0.15) is 0 Å². The van der Waals surface area contributed by atoms with Gasteiger partial charge in [0.25, 0.3) is 0 Å². The number of para-hydroxylation sites is 4. The Balaban J connectivity index is 0.796. The molecule has 0 unspecified atom stereocenters. The molecule has 83 heavy (non-hydrogen) atoms. The molecule has 0 saturated carbocycles. The first-order valence-electron chi connectivity index (χ1n) is 28.6. The van der Waals surface area contributed by atoms with E-state index in [0.717, 1.165) is 84.6 Å². The summed E-state index contributed by atoms with van der Waals surface area (Å²) >= 11 is 0. The molecule has 2 aliphatic carbocycles. The van der Waals surface area contributed by atoms with Crippen LogP contribution in [-0.4, -0.2) is 0 Å². The highest BCUT2D eigenvalue weighted by Crippen LogP contribution is 2.65. The number of nitrogens with zero attached hydrogens (tertiary/aromatic N) is 1. The fourth-order valence-corrected chi connectivity index (χ4v) is 14.6. The molecule has 0 amide bonds. The quantitative estimate of drug-likeness (QED) is 0.159. The van der Waals surface area contributed by atoms with Crippen molar-refractivity contribution in [2.24, 2.45) is 0 Å². The summed E-state index contributed by atoms with van der Waals surface area (Å²) in [7, 11) is 0. The van der Waals surface area contributed by atoms with Gasteiger partial charge < -0.3 is 14.4 Å². The lowest BCUT2D eigenvalue weighted by Gasteiger charge is -2.39. The van der Waals surface area contributed by atoms with E-state index in [1.807, 2.05) is 0 Å². The molecule has 0 aromatic heterocycles. The predicted molar refractivity (Wildman–Crippen MR) is 338 cm³/mol. The van der Waals surface area contributed by atoms with E-state index in [4.69, 9.17) is 9.47 Å². The molecule has 4 aliphatic rings. The standard InChI is InChI=1S/C80H51NO2/c1-2-19-52(20-3-1)55-21-16-22-56(49-55)53-39-44-59(45-40-53)81(60-46-41-54(42-47-60)62-27-18-34-73-78(62)64-26-5-7-29-67(64)80(73)71-32-10-14-37-76(71)83-77-38-15-11-33-72(77)80)61-24-17-23-57(50-61)58-43-48-68-65(51-58)63-25-4-6-28-66(63)79(68)69-30-8-12-35-74(69)82-75-36-13-9-31-70(75)79/h1-51H. The number of benzene rings is 13. The van der Waals surface area contributed by atoms with Crippen molar-refractivity contribution in [3.8, 4) is 89.8 Å². The van der Waals surface area contributed by atoms with Gasteiger partial charge in [0, 0.05) is 39.3 Å². The lowest BCUT2D eigenvalue weighted by Crippen LogP contribution is -2.32. The molecule has 0 bridgehead atoms. The Labute approximate surface area is 483 Å². The lowest BCUT2D eigenvalue weighted by atomic mass is 9.66. The van der Waals surface area contributed by atoms with Crippen LogP contribution in [0.1, 0.15) is 44.5 Å². The van der Waals surface area contributed by atoms with Crippen molar-refractivity contribution in [2.75, 3.05) is 4.90 Å². The maximum absolute atomic E-state index is 6.67. The first-order chi connectivity index (χ1) is 41.1. The Bertz CT molecular complexity index is 4660. The van der Waals surface area contributed by atoms with Gasteiger partial charge >= 0.3 is 0 Å². The molecule has 388 valence electrons. The number of anilines is 3. The Hall–Kier alpha value is -10.7. The van der Waals surface area contributed by atoms with Gasteiger partial charge in [-0.25, -0.2) is 0 Å². The molecule has 2 spiro atoms. The van der Waals surface area contributed by atoms with Crippen molar-refractivity contribution in [3.63, 3.8) is 0 Å². The van der Waals surface area contributed by atoms with Crippen molar-refractivity contribution in [3.05, 3.63) is 354 Å². The molecule has 0 saturated heterocycles. The highest BCUT2D eigenvalue weighted by Gasteiger charge is 2.53. The lowest BCUT2D eigenvalue weighted by molar-refractivity contribution is 0.436. The largest absolute Gasteiger partial charge is 0.457 e. The molecule has 2 aliphatic heterocycles. The molecular formula is C80H51NO2. The third-order valence-electron chi connectivity index (χ3n) is 18.0. The summed E-state index contributed by atoms with van der Waals surface area (Å²) in [5.74, 6) is 3.57. The summed E-state index contributed by atoms with van der Waals surface area (Å²) in [6.45, 7) is 0. The van der Waals surface area contributed by atoms with Crippen molar-refractivity contribution >= 4 is 17.1 Å². The minimum Gasteiger partial charge on any atom is -0.457 e. The number of hydrogen-bond acceptors (Lipinski definition) is 3. The Kier molecular flexibility index (Phi) is 10.4. The molecule has 0 atom stereocenters. The average Bonchev–Trinajstić information content (AvgIpc) is 2.07. The molecule has 2 heterocycles. The monoisotopic (exact) mass is 1060 g/mol. The molecule has 13 aromatic rings. The zero-order chi connectivity index (χ0) is 54.6. The topological polar surface area (TPSA) is 21.7 Å². The summed E-state index contributed by atoms with van der Waals surface area (Å²) in [6.07, 6.45) is 0. The number of fused-ring (bicyclic) bond motifs is 18. The zero-order valence-corrected chi connectivity index (χ0v) is 45.2. The molecule has 13 aromatic carbocycles. The van der Waals surface area contributed by atoms with E-state index in [9.17, 15) is 0 Å². The van der Waals surface area contributed by atoms with Crippen LogP contribution in [0, 0.1) is 0 Å². The maximum atomic E-state index is 6.67. The average molecular weight is 1060 g/mol. The first kappa shape index (κ1) is 47.1. The third kappa shape index (κ3) is 6.92. The van der Waals surface area contributed by atoms with Crippen molar-refractivity contribution in [1.29, 1.82) is 0 Å². The van der Waals surface area contributed by atoms with Crippen molar-refractivity contribution in [2.45, 2.75) is 10.8 Å². The summed E-state index contributed by atoms with van der Waals surface area (Å²) < 4.78 is 13.3. The SMILES string of the molecule is c1ccc(-c2cccc(-c3ccc(N(c4ccc(-c5cccc6c5-c5ccccc5C65c6ccccc6Oc6ccccc65)cc4)c4cccc(-c5ccc6c(c5)-c5ccccc5C65c6ccccc6Oc6ccccc65)c4)cc3)c2)cc1. The van der Waals surface area contributed by atoms with Crippen LogP contribution in [0.15, 0.2) is 309 Å². The van der Waals surface area contributed by atoms with Crippen molar-refractivity contribution in [1.82, 2.24) is 0 Å². The van der Waals surface area contributed by atoms with Crippen LogP contribution < -0.4 is 14.4 Å². The molecule has 0 N–H and O–H groups in total. The summed E-state index contributed by atoms with van der Waals surface area (Å²) in [5.41, 5.74) is 26.2. The highest BCUT2D eigenvalue weighted by molar-refractivity contribution is 5.97. The number of ether oxygens (including phenoxy) is 2. The summed E-state index contributed by atoms with van der Waals surface area (Å²) in [5, 5.41) is 0. The van der Waals surface area contributed by atoms with E-state index < -0.39 is 10.8 Å². The van der Waals surface area contributed by atoms with E-state index in [-0.39, 0.29) is 0 Å². The Morgan fingerprint density at radius 1 is 0.205 bits per heavy atom. The molecule has 3 heteroatoms. The van der Waals surface area contributed by atoms with Gasteiger partial charge in [-0.15, -0.1) is 0 Å². The minimum absolute atomic E-state index is 0.526. The second-order valence-corrected chi connectivity index (χ2v) is 22.2. The summed E-state index contributed by atoms with van der Waals surface area (Å²) in [4.78, 5) is 2.40. The summed E-state index contributed by atoms with van der Waals surface area (Å²) in [6, 6.07) is 113. The molecule has 0 fully saturated rings. The molecule has 3 nitrogen and oxygen atoms in total. The normalized spacial score (nSPS) is 13.7. The van der Waals surface area contributed by atoms with Crippen LogP contribution in [0.2, 0.25) is 0 Å². The van der Waals surface area contributed by atoms with Gasteiger partial charge in [-0.1, -0.05) is 237 Å². The Morgan fingerprint density at radius 2 is 0.578 bits per heavy atom. The smallest absolute Gasteiger partial charge is 0.132 e. The van der Waals surface area contributed by atoms with Crippen LogP contribution in [0.25, 0.3) is 66.8 Å². The van der Waals surface area contributed by atoms with Gasteiger partial charge in [0.2, 0.25) is 0 Å². The van der Waals surface area contributed by atoms with Gasteiger partial charge in [-0.05, 0) is 162 Å². The van der Waals surface area contributed by atoms with Crippen molar-refractivity contribution < 1.29 is 9.47 Å². The number of hydrogen-bond donors (Lipinski definition) is 0. The number of rotatable bonds is 7. The predicted octanol–water partition coefficient (Wildman–Crippen LogP) is 20.8. The first-order valence-corrected chi connectivity index (χ1v) is 28.6. The van der Waals surface area contributed by atoms with E-state index in [1.54, 1.807) is 0 Å². The van der Waals surface area contributed by atoms with E-state index >= 15 is 0 Å². The highest BCUT2D eigenvalue weighted by atomic mass is 16.5. The molecule has 0 radical (unpaired) electrons. The van der Waals surface area contributed by atoms with Crippen LogP contribution >= 0.6 is 0 Å². The van der Waals surface area contributed by atoms with Crippen LogP contribution in [0.5, 0.6) is 23.0 Å². The minimum atomic E-state index is -0.546. The van der Waals surface area contributed by atoms with Crippen LogP contribution in [-0.2, 0) is 10.8 Å².